The predicted molar refractivity (Wildman–Crippen MR) is 109 cm³/mol. The molecule has 3 rings (SSSR count). The summed E-state index contributed by atoms with van der Waals surface area (Å²) in [5.41, 5.74) is 4.27. The van der Waals surface area contributed by atoms with Crippen molar-refractivity contribution in [3.63, 3.8) is 0 Å². The molecule has 0 aliphatic rings. The first-order valence-corrected chi connectivity index (χ1v) is 10.3. The number of aryl methyl sites for hydroxylation is 3. The van der Waals surface area contributed by atoms with Gasteiger partial charge in [-0.05, 0) is 55.5 Å². The molecular weight excluding hydrogens is 362 g/mol. The van der Waals surface area contributed by atoms with E-state index in [-0.39, 0.29) is 5.91 Å². The lowest BCUT2D eigenvalue weighted by atomic mass is 10.1. The van der Waals surface area contributed by atoms with Crippen molar-refractivity contribution >= 4 is 34.1 Å². The lowest BCUT2D eigenvalue weighted by molar-refractivity contribution is 0.102. The first-order chi connectivity index (χ1) is 12.6. The molecule has 2 aromatic carbocycles. The fourth-order valence-corrected chi connectivity index (χ4v) is 4.21. The molecule has 1 aromatic heterocycles. The van der Waals surface area contributed by atoms with Gasteiger partial charge in [0.15, 0.2) is 4.34 Å². The Hall–Kier alpha value is -2.18. The van der Waals surface area contributed by atoms with E-state index in [0.717, 1.165) is 28.5 Å². The van der Waals surface area contributed by atoms with Gasteiger partial charge in [-0.1, -0.05) is 59.5 Å². The van der Waals surface area contributed by atoms with E-state index in [9.17, 15) is 4.79 Å². The van der Waals surface area contributed by atoms with Crippen LogP contribution in [-0.4, -0.2) is 21.9 Å². The van der Waals surface area contributed by atoms with E-state index in [0.29, 0.717) is 10.7 Å². The molecule has 0 atom stereocenters. The Morgan fingerprint density at radius 3 is 2.65 bits per heavy atom. The second kappa shape index (κ2) is 8.96. The molecule has 0 saturated carbocycles. The number of carbonyl (C=O) groups excluding carboxylic acids is 1. The van der Waals surface area contributed by atoms with Crippen molar-refractivity contribution in [2.75, 3.05) is 11.1 Å². The van der Waals surface area contributed by atoms with Gasteiger partial charge in [-0.2, -0.15) is 0 Å². The summed E-state index contributed by atoms with van der Waals surface area (Å²) in [6, 6.07) is 16.1. The number of aromatic nitrogens is 2. The number of hydrogen-bond acceptors (Lipinski definition) is 5. The Morgan fingerprint density at radius 2 is 1.88 bits per heavy atom. The summed E-state index contributed by atoms with van der Waals surface area (Å²) in [4.78, 5) is 12.3. The zero-order valence-electron chi connectivity index (χ0n) is 14.9. The maximum atomic E-state index is 12.3. The fraction of sp³-hybridized carbons (Fsp3) is 0.250. The monoisotopic (exact) mass is 383 g/mol. The molecule has 4 nitrogen and oxygen atoms in total. The number of benzene rings is 2. The normalized spacial score (nSPS) is 10.7. The second-order valence-electron chi connectivity index (χ2n) is 6.06. The van der Waals surface area contributed by atoms with Gasteiger partial charge in [0.05, 0.1) is 0 Å². The third-order valence-corrected chi connectivity index (χ3v) is 6.13. The van der Waals surface area contributed by atoms with E-state index in [1.54, 1.807) is 11.8 Å². The average molecular weight is 384 g/mol. The molecule has 0 saturated heterocycles. The highest BCUT2D eigenvalue weighted by Gasteiger charge is 2.11. The molecule has 1 heterocycles. The molecule has 26 heavy (non-hydrogen) atoms. The van der Waals surface area contributed by atoms with Gasteiger partial charge in [0.25, 0.3) is 5.91 Å². The molecule has 1 amide bonds. The SMILES string of the molecule is Cc1ccc(C(=O)Nc2nnc(SCCCc3ccccc3)s2)cc1C. The van der Waals surface area contributed by atoms with Crippen LogP contribution in [0.1, 0.15) is 33.5 Å². The Balaban J connectivity index is 1.48. The quantitative estimate of drug-likeness (QED) is 0.349. The smallest absolute Gasteiger partial charge is 0.257 e. The summed E-state index contributed by atoms with van der Waals surface area (Å²) in [6.07, 6.45) is 2.14. The van der Waals surface area contributed by atoms with Crippen LogP contribution in [0, 0.1) is 13.8 Å². The highest BCUT2D eigenvalue weighted by atomic mass is 32.2. The van der Waals surface area contributed by atoms with Crippen LogP contribution in [-0.2, 0) is 6.42 Å². The van der Waals surface area contributed by atoms with E-state index in [1.807, 2.05) is 38.1 Å². The zero-order valence-corrected chi connectivity index (χ0v) is 16.5. The van der Waals surface area contributed by atoms with Crippen molar-refractivity contribution in [1.82, 2.24) is 10.2 Å². The third-order valence-electron chi connectivity index (χ3n) is 4.07. The molecule has 0 radical (unpaired) electrons. The van der Waals surface area contributed by atoms with Crippen LogP contribution in [0.2, 0.25) is 0 Å². The molecule has 3 aromatic rings. The minimum Gasteiger partial charge on any atom is -0.296 e. The number of nitrogens with zero attached hydrogens (tertiary/aromatic N) is 2. The number of hydrogen-bond donors (Lipinski definition) is 1. The van der Waals surface area contributed by atoms with Crippen LogP contribution < -0.4 is 5.32 Å². The summed E-state index contributed by atoms with van der Waals surface area (Å²) in [7, 11) is 0. The summed E-state index contributed by atoms with van der Waals surface area (Å²) in [6.45, 7) is 4.03. The minimum absolute atomic E-state index is 0.148. The molecule has 0 fully saturated rings. The first kappa shape index (κ1) is 18.6. The molecule has 0 spiro atoms. The lowest BCUT2D eigenvalue weighted by Crippen LogP contribution is -2.12. The zero-order chi connectivity index (χ0) is 18.4. The van der Waals surface area contributed by atoms with E-state index < -0.39 is 0 Å². The average Bonchev–Trinajstić information content (AvgIpc) is 3.09. The van der Waals surface area contributed by atoms with Crippen molar-refractivity contribution in [3.8, 4) is 0 Å². The Bertz CT molecular complexity index is 878. The van der Waals surface area contributed by atoms with Gasteiger partial charge in [-0.3, -0.25) is 10.1 Å². The van der Waals surface area contributed by atoms with Crippen LogP contribution >= 0.6 is 23.1 Å². The van der Waals surface area contributed by atoms with Crippen molar-refractivity contribution < 1.29 is 4.79 Å². The van der Waals surface area contributed by atoms with Crippen LogP contribution in [0.3, 0.4) is 0 Å². The third kappa shape index (κ3) is 5.16. The molecular formula is C20H21N3OS2. The van der Waals surface area contributed by atoms with Crippen molar-refractivity contribution in [3.05, 3.63) is 70.8 Å². The highest BCUT2D eigenvalue weighted by Crippen LogP contribution is 2.26. The van der Waals surface area contributed by atoms with Gasteiger partial charge >= 0.3 is 0 Å². The number of anilines is 1. The van der Waals surface area contributed by atoms with E-state index in [4.69, 9.17) is 0 Å². The van der Waals surface area contributed by atoms with Crippen LogP contribution in [0.4, 0.5) is 5.13 Å². The van der Waals surface area contributed by atoms with Crippen molar-refractivity contribution in [2.45, 2.75) is 31.0 Å². The largest absolute Gasteiger partial charge is 0.296 e. The number of rotatable bonds is 7. The molecule has 1 N–H and O–H groups in total. The van der Waals surface area contributed by atoms with Gasteiger partial charge < -0.3 is 0 Å². The van der Waals surface area contributed by atoms with Gasteiger partial charge in [0, 0.05) is 11.3 Å². The number of amides is 1. The number of nitrogens with one attached hydrogen (secondary N) is 1. The lowest BCUT2D eigenvalue weighted by Gasteiger charge is -2.04. The van der Waals surface area contributed by atoms with Crippen molar-refractivity contribution in [1.29, 1.82) is 0 Å². The van der Waals surface area contributed by atoms with E-state index in [2.05, 4.69) is 39.8 Å². The first-order valence-electron chi connectivity index (χ1n) is 8.50. The van der Waals surface area contributed by atoms with Crippen LogP contribution in [0.15, 0.2) is 52.9 Å². The predicted octanol–water partition coefficient (Wildman–Crippen LogP) is 5.13. The Morgan fingerprint density at radius 1 is 1.08 bits per heavy atom. The van der Waals surface area contributed by atoms with Crippen LogP contribution in [0.5, 0.6) is 0 Å². The summed E-state index contributed by atoms with van der Waals surface area (Å²) in [5.74, 6) is 0.833. The molecule has 0 bridgehead atoms. The summed E-state index contributed by atoms with van der Waals surface area (Å²) < 4.78 is 0.883. The molecule has 134 valence electrons. The van der Waals surface area contributed by atoms with Gasteiger partial charge in [0.2, 0.25) is 5.13 Å². The van der Waals surface area contributed by atoms with E-state index >= 15 is 0 Å². The standard InChI is InChI=1S/C20H21N3OS2/c1-14-10-11-17(13-15(14)2)18(24)21-19-22-23-20(26-19)25-12-6-9-16-7-4-3-5-8-16/h3-5,7-8,10-11,13H,6,9,12H2,1-2H3,(H,21,22,24). The fourth-order valence-electron chi connectivity index (χ4n) is 2.45. The Labute approximate surface area is 162 Å². The number of carbonyl (C=O) groups is 1. The van der Waals surface area contributed by atoms with Gasteiger partial charge in [-0.15, -0.1) is 10.2 Å². The number of thioether (sulfide) groups is 1. The Kier molecular flexibility index (Phi) is 6.41. The minimum atomic E-state index is -0.148. The van der Waals surface area contributed by atoms with Gasteiger partial charge in [0.1, 0.15) is 0 Å². The second-order valence-corrected chi connectivity index (χ2v) is 8.38. The molecule has 0 aliphatic carbocycles. The molecule has 6 heteroatoms. The maximum Gasteiger partial charge on any atom is 0.257 e. The van der Waals surface area contributed by atoms with Gasteiger partial charge in [-0.25, -0.2) is 0 Å². The topological polar surface area (TPSA) is 54.9 Å². The molecule has 0 unspecified atom stereocenters. The highest BCUT2D eigenvalue weighted by molar-refractivity contribution is 8.01. The van der Waals surface area contributed by atoms with Crippen molar-refractivity contribution in [2.24, 2.45) is 0 Å². The maximum absolute atomic E-state index is 12.3. The molecule has 0 aliphatic heterocycles. The summed E-state index contributed by atoms with van der Waals surface area (Å²) >= 11 is 3.10. The summed E-state index contributed by atoms with van der Waals surface area (Å²) in [5, 5.41) is 11.6. The van der Waals surface area contributed by atoms with E-state index in [1.165, 1.54) is 22.5 Å². The van der Waals surface area contributed by atoms with Crippen LogP contribution in [0.25, 0.3) is 0 Å².